The molecule has 0 bridgehead atoms. The van der Waals surface area contributed by atoms with E-state index in [1.54, 1.807) is 7.11 Å². The fraction of sp³-hybridized carbons (Fsp3) is 0.231. The van der Waals surface area contributed by atoms with Crippen LogP contribution in [-0.2, 0) is 0 Å². The molecule has 16 heavy (non-hydrogen) atoms. The minimum absolute atomic E-state index is 0.147. The minimum Gasteiger partial charge on any atom is -0.497 e. The van der Waals surface area contributed by atoms with Crippen LogP contribution < -0.4 is 10.1 Å². The molecule has 0 saturated carbocycles. The number of nitrogens with one attached hydrogen (secondary N) is 1. The first-order chi connectivity index (χ1) is 7.74. The van der Waals surface area contributed by atoms with E-state index in [4.69, 9.17) is 16.3 Å². The van der Waals surface area contributed by atoms with Gasteiger partial charge in [-0.2, -0.15) is 0 Å². The standard InChI is InChI=1S/C13H14ClNO/c1-15-13(14)11-4-3-10-8-12(16-2)6-5-9(10)7-11/h3-8,13,15H,1-2H3. The van der Waals surface area contributed by atoms with Gasteiger partial charge in [0, 0.05) is 0 Å². The molecule has 2 aromatic rings. The van der Waals surface area contributed by atoms with E-state index in [1.165, 1.54) is 5.39 Å². The lowest BCUT2D eigenvalue weighted by Gasteiger charge is -2.10. The summed E-state index contributed by atoms with van der Waals surface area (Å²) in [6, 6.07) is 12.2. The smallest absolute Gasteiger partial charge is 0.119 e. The normalized spacial score (nSPS) is 12.7. The number of hydrogen-bond acceptors (Lipinski definition) is 2. The molecule has 0 fully saturated rings. The van der Waals surface area contributed by atoms with Crippen LogP contribution in [0.5, 0.6) is 5.75 Å². The third-order valence-corrected chi connectivity index (χ3v) is 3.09. The minimum atomic E-state index is -0.147. The number of methoxy groups -OCH3 is 1. The van der Waals surface area contributed by atoms with E-state index in [-0.39, 0.29) is 5.50 Å². The van der Waals surface area contributed by atoms with E-state index in [0.717, 1.165) is 16.7 Å². The quantitative estimate of drug-likeness (QED) is 0.651. The van der Waals surface area contributed by atoms with Crippen molar-refractivity contribution in [3.8, 4) is 5.75 Å². The fourth-order valence-corrected chi connectivity index (χ4v) is 1.83. The first kappa shape index (κ1) is 11.2. The van der Waals surface area contributed by atoms with E-state index in [1.807, 2.05) is 31.3 Å². The predicted molar refractivity (Wildman–Crippen MR) is 68.2 cm³/mol. The van der Waals surface area contributed by atoms with Crippen LogP contribution in [0.4, 0.5) is 0 Å². The van der Waals surface area contributed by atoms with Gasteiger partial charge in [0.1, 0.15) is 11.3 Å². The van der Waals surface area contributed by atoms with Gasteiger partial charge in [0.2, 0.25) is 0 Å². The van der Waals surface area contributed by atoms with Gasteiger partial charge in [-0.1, -0.05) is 18.2 Å². The molecule has 2 nitrogen and oxygen atoms in total. The Morgan fingerprint density at radius 3 is 2.50 bits per heavy atom. The Labute approximate surface area is 100 Å². The third-order valence-electron chi connectivity index (χ3n) is 2.62. The van der Waals surface area contributed by atoms with Crippen LogP contribution in [0.15, 0.2) is 36.4 Å². The van der Waals surface area contributed by atoms with Crippen molar-refractivity contribution in [3.05, 3.63) is 42.0 Å². The second kappa shape index (κ2) is 4.73. The molecular weight excluding hydrogens is 222 g/mol. The van der Waals surface area contributed by atoms with Crippen LogP contribution in [0.2, 0.25) is 0 Å². The molecule has 0 aliphatic carbocycles. The van der Waals surface area contributed by atoms with Crippen molar-refractivity contribution in [2.75, 3.05) is 14.2 Å². The molecule has 0 aliphatic rings. The van der Waals surface area contributed by atoms with Crippen molar-refractivity contribution in [1.82, 2.24) is 5.32 Å². The molecule has 0 radical (unpaired) electrons. The molecule has 0 spiro atoms. The monoisotopic (exact) mass is 235 g/mol. The molecule has 2 rings (SSSR count). The summed E-state index contributed by atoms with van der Waals surface area (Å²) in [4.78, 5) is 0. The Bertz CT molecular complexity index is 498. The maximum absolute atomic E-state index is 6.11. The van der Waals surface area contributed by atoms with Gasteiger partial charge in [0.25, 0.3) is 0 Å². The van der Waals surface area contributed by atoms with Crippen LogP contribution >= 0.6 is 11.6 Å². The van der Waals surface area contributed by atoms with Crippen molar-refractivity contribution in [2.45, 2.75) is 5.50 Å². The Morgan fingerprint density at radius 2 is 1.81 bits per heavy atom. The average molecular weight is 236 g/mol. The SMILES string of the molecule is CNC(Cl)c1ccc2cc(OC)ccc2c1. The topological polar surface area (TPSA) is 21.3 Å². The molecule has 0 saturated heterocycles. The van der Waals surface area contributed by atoms with Gasteiger partial charge in [0.15, 0.2) is 0 Å². The highest BCUT2D eigenvalue weighted by Crippen LogP contribution is 2.25. The van der Waals surface area contributed by atoms with Gasteiger partial charge >= 0.3 is 0 Å². The van der Waals surface area contributed by atoms with Gasteiger partial charge < -0.3 is 10.1 Å². The lowest BCUT2D eigenvalue weighted by Crippen LogP contribution is -2.09. The Balaban J connectivity index is 2.47. The van der Waals surface area contributed by atoms with Crippen molar-refractivity contribution in [3.63, 3.8) is 0 Å². The van der Waals surface area contributed by atoms with E-state index in [2.05, 4.69) is 17.4 Å². The number of ether oxygens (including phenoxy) is 1. The van der Waals surface area contributed by atoms with Crippen molar-refractivity contribution >= 4 is 22.4 Å². The Morgan fingerprint density at radius 1 is 1.12 bits per heavy atom. The van der Waals surface area contributed by atoms with E-state index in [0.29, 0.717) is 0 Å². The predicted octanol–water partition coefficient (Wildman–Crippen LogP) is 3.31. The second-order valence-corrected chi connectivity index (χ2v) is 4.06. The number of hydrogen-bond donors (Lipinski definition) is 1. The molecule has 0 amide bonds. The highest BCUT2D eigenvalue weighted by Gasteiger charge is 2.05. The summed E-state index contributed by atoms with van der Waals surface area (Å²) in [5.74, 6) is 0.872. The lowest BCUT2D eigenvalue weighted by atomic mass is 10.1. The molecule has 2 aromatic carbocycles. The van der Waals surface area contributed by atoms with Crippen LogP contribution in [0.3, 0.4) is 0 Å². The van der Waals surface area contributed by atoms with Gasteiger partial charge in [-0.25, -0.2) is 0 Å². The van der Waals surface area contributed by atoms with Gasteiger partial charge in [-0.3, -0.25) is 0 Å². The largest absolute Gasteiger partial charge is 0.497 e. The number of halogens is 1. The van der Waals surface area contributed by atoms with E-state index < -0.39 is 0 Å². The van der Waals surface area contributed by atoms with Crippen molar-refractivity contribution in [2.24, 2.45) is 0 Å². The zero-order chi connectivity index (χ0) is 11.5. The first-order valence-corrected chi connectivity index (χ1v) is 5.57. The van der Waals surface area contributed by atoms with E-state index in [9.17, 15) is 0 Å². The summed E-state index contributed by atoms with van der Waals surface area (Å²) in [6.07, 6.45) is 0. The maximum Gasteiger partial charge on any atom is 0.119 e. The molecule has 1 atom stereocenters. The molecule has 0 heterocycles. The summed E-state index contributed by atoms with van der Waals surface area (Å²) in [7, 11) is 3.52. The first-order valence-electron chi connectivity index (χ1n) is 5.13. The molecule has 1 N–H and O–H groups in total. The summed E-state index contributed by atoms with van der Waals surface area (Å²) in [5, 5.41) is 5.33. The molecule has 0 aliphatic heterocycles. The number of alkyl halides is 1. The van der Waals surface area contributed by atoms with Gasteiger partial charge in [-0.05, 0) is 41.6 Å². The van der Waals surface area contributed by atoms with Crippen molar-refractivity contribution in [1.29, 1.82) is 0 Å². The molecule has 84 valence electrons. The van der Waals surface area contributed by atoms with Gasteiger partial charge in [-0.15, -0.1) is 11.6 Å². The van der Waals surface area contributed by atoms with Crippen LogP contribution in [0.1, 0.15) is 11.1 Å². The highest BCUT2D eigenvalue weighted by atomic mass is 35.5. The number of fused-ring (bicyclic) bond motifs is 1. The fourth-order valence-electron chi connectivity index (χ4n) is 1.69. The average Bonchev–Trinajstić information content (AvgIpc) is 2.36. The van der Waals surface area contributed by atoms with Crippen LogP contribution in [-0.4, -0.2) is 14.2 Å². The van der Waals surface area contributed by atoms with Gasteiger partial charge in [0.05, 0.1) is 7.11 Å². The summed E-state index contributed by atoms with van der Waals surface area (Å²) in [6.45, 7) is 0. The second-order valence-electron chi connectivity index (χ2n) is 3.62. The highest BCUT2D eigenvalue weighted by molar-refractivity contribution is 6.20. The van der Waals surface area contributed by atoms with Crippen LogP contribution in [0, 0.1) is 0 Å². The number of rotatable bonds is 3. The number of benzene rings is 2. The molecule has 3 heteroatoms. The third kappa shape index (κ3) is 2.13. The zero-order valence-electron chi connectivity index (χ0n) is 9.33. The van der Waals surface area contributed by atoms with Crippen molar-refractivity contribution < 1.29 is 4.74 Å². The van der Waals surface area contributed by atoms with Crippen LogP contribution in [0.25, 0.3) is 10.8 Å². The summed E-state index contributed by atoms with van der Waals surface area (Å²) >= 11 is 6.11. The zero-order valence-corrected chi connectivity index (χ0v) is 10.1. The summed E-state index contributed by atoms with van der Waals surface area (Å²) in [5.41, 5.74) is 0.924. The summed E-state index contributed by atoms with van der Waals surface area (Å²) < 4.78 is 5.18. The molecular formula is C13H14ClNO. The Hall–Kier alpha value is -1.25. The maximum atomic E-state index is 6.11. The Kier molecular flexibility index (Phi) is 3.32. The van der Waals surface area contributed by atoms with E-state index >= 15 is 0 Å². The molecule has 0 aromatic heterocycles. The molecule has 1 unspecified atom stereocenters. The lowest BCUT2D eigenvalue weighted by molar-refractivity contribution is 0.415.